The smallest absolute Gasteiger partial charge is 0.326 e. The molecule has 14 heteroatoms. The lowest BCUT2D eigenvalue weighted by atomic mass is 10.1. The zero-order chi connectivity index (χ0) is 26.0. The Labute approximate surface area is 206 Å². The topological polar surface area (TPSA) is 208 Å². The Hall–Kier alpha value is -3.13. The summed E-state index contributed by atoms with van der Waals surface area (Å²) in [5, 5.41) is 23.5. The number of thioether (sulfide) groups is 1. The zero-order valence-electron chi connectivity index (χ0n) is 19.4. The van der Waals surface area contributed by atoms with Crippen molar-refractivity contribution in [3.05, 3.63) is 18.2 Å². The van der Waals surface area contributed by atoms with Gasteiger partial charge in [-0.1, -0.05) is 0 Å². The maximum atomic E-state index is 13.2. The number of rotatable bonds is 14. The molecule has 2 heterocycles. The summed E-state index contributed by atoms with van der Waals surface area (Å²) in [6.07, 6.45) is 5.52. The van der Waals surface area contributed by atoms with Crippen molar-refractivity contribution in [2.45, 2.75) is 62.7 Å². The maximum absolute atomic E-state index is 13.2. The highest BCUT2D eigenvalue weighted by Crippen LogP contribution is 2.20. The van der Waals surface area contributed by atoms with Crippen LogP contribution in [-0.2, 0) is 30.4 Å². The van der Waals surface area contributed by atoms with Crippen LogP contribution in [0.5, 0.6) is 0 Å². The Balaban J connectivity index is 2.16. The molecule has 194 valence electrons. The van der Waals surface area contributed by atoms with E-state index in [0.29, 0.717) is 24.3 Å². The van der Waals surface area contributed by atoms with E-state index >= 15 is 0 Å². The molecule has 0 aromatic carbocycles. The van der Waals surface area contributed by atoms with Gasteiger partial charge >= 0.3 is 11.9 Å². The second-order valence-electron chi connectivity index (χ2n) is 8.25. The fourth-order valence-corrected chi connectivity index (χ4v) is 4.24. The van der Waals surface area contributed by atoms with Gasteiger partial charge in [0.1, 0.15) is 18.1 Å². The molecule has 1 aromatic heterocycles. The highest BCUT2D eigenvalue weighted by atomic mass is 32.2. The summed E-state index contributed by atoms with van der Waals surface area (Å²) in [6, 6.07) is -4.18. The van der Waals surface area contributed by atoms with Crippen molar-refractivity contribution in [2.75, 3.05) is 18.6 Å². The van der Waals surface area contributed by atoms with E-state index < -0.39 is 53.8 Å². The van der Waals surface area contributed by atoms with Crippen molar-refractivity contribution in [3.63, 3.8) is 0 Å². The Morgan fingerprint density at radius 2 is 1.91 bits per heavy atom. The number of aliphatic carboxylic acids is 2. The predicted molar refractivity (Wildman–Crippen MR) is 126 cm³/mol. The van der Waals surface area contributed by atoms with Crippen LogP contribution in [0.1, 0.15) is 37.8 Å². The van der Waals surface area contributed by atoms with Gasteiger partial charge in [-0.3, -0.25) is 19.2 Å². The molecule has 0 radical (unpaired) electrons. The normalized spacial score (nSPS) is 17.9. The molecule has 4 atom stereocenters. The first-order valence-corrected chi connectivity index (χ1v) is 12.6. The molecule has 0 bridgehead atoms. The predicted octanol–water partition coefficient (Wildman–Crippen LogP) is -1.06. The van der Waals surface area contributed by atoms with Crippen molar-refractivity contribution in [1.29, 1.82) is 0 Å². The summed E-state index contributed by atoms with van der Waals surface area (Å²) in [7, 11) is 0. The second kappa shape index (κ2) is 13.7. The first kappa shape index (κ1) is 28.1. The van der Waals surface area contributed by atoms with Crippen molar-refractivity contribution >= 4 is 41.4 Å². The molecule has 1 aliphatic heterocycles. The molecule has 4 unspecified atom stereocenters. The van der Waals surface area contributed by atoms with E-state index in [4.69, 9.17) is 10.8 Å². The molecule has 1 fully saturated rings. The van der Waals surface area contributed by atoms with E-state index in [0.717, 1.165) is 0 Å². The molecule has 2 rings (SSSR count). The molecular weight excluding hydrogens is 480 g/mol. The van der Waals surface area contributed by atoms with Gasteiger partial charge < -0.3 is 36.5 Å². The zero-order valence-corrected chi connectivity index (χ0v) is 20.3. The standard InChI is InChI=1S/C21H32N6O7S/c1-35-8-6-14(20(32)27-7-2-3-16(27)21(33)34)25-19(31)15(9-12-10-23-11-24-12)26-18(30)13(22)4-5-17(28)29/h10-11,13-16H,2-9,22H2,1H3,(H,23,24)(H,25,31)(H,26,30)(H,28,29)(H,33,34). The minimum Gasteiger partial charge on any atom is -0.481 e. The number of carboxylic acids is 2. The number of hydrogen-bond donors (Lipinski definition) is 6. The highest BCUT2D eigenvalue weighted by molar-refractivity contribution is 7.98. The van der Waals surface area contributed by atoms with Crippen LogP contribution in [0.4, 0.5) is 0 Å². The van der Waals surface area contributed by atoms with Gasteiger partial charge in [0.25, 0.3) is 0 Å². The number of aromatic nitrogens is 2. The number of nitrogens with two attached hydrogens (primary N) is 1. The molecule has 13 nitrogen and oxygen atoms in total. The van der Waals surface area contributed by atoms with Gasteiger partial charge in [-0.25, -0.2) is 9.78 Å². The fourth-order valence-electron chi connectivity index (χ4n) is 3.77. The summed E-state index contributed by atoms with van der Waals surface area (Å²) in [5.74, 6) is -3.49. The van der Waals surface area contributed by atoms with E-state index in [9.17, 15) is 29.1 Å². The maximum Gasteiger partial charge on any atom is 0.326 e. The first-order valence-electron chi connectivity index (χ1n) is 11.2. The molecule has 35 heavy (non-hydrogen) atoms. The number of carbonyl (C=O) groups is 5. The van der Waals surface area contributed by atoms with Gasteiger partial charge in [0, 0.05) is 31.3 Å². The molecule has 0 spiro atoms. The Bertz CT molecular complexity index is 897. The third-order valence-electron chi connectivity index (χ3n) is 5.66. The van der Waals surface area contributed by atoms with Crippen molar-refractivity contribution in [3.8, 4) is 0 Å². The van der Waals surface area contributed by atoms with Crippen LogP contribution in [0.3, 0.4) is 0 Å². The van der Waals surface area contributed by atoms with E-state index in [1.807, 2.05) is 6.26 Å². The lowest BCUT2D eigenvalue weighted by Gasteiger charge is -2.29. The number of nitrogens with zero attached hydrogens (tertiary/aromatic N) is 2. The molecule has 1 saturated heterocycles. The number of H-pyrrole nitrogens is 1. The van der Waals surface area contributed by atoms with Crippen LogP contribution in [0.2, 0.25) is 0 Å². The molecule has 1 aliphatic rings. The number of aromatic amines is 1. The number of carboxylic acid groups (broad SMARTS) is 2. The van der Waals surface area contributed by atoms with Crippen LogP contribution in [0, 0.1) is 0 Å². The van der Waals surface area contributed by atoms with Gasteiger partial charge in [0.15, 0.2) is 0 Å². The Morgan fingerprint density at radius 3 is 2.51 bits per heavy atom. The number of amides is 3. The van der Waals surface area contributed by atoms with E-state index in [2.05, 4.69) is 20.6 Å². The molecule has 0 saturated carbocycles. The van der Waals surface area contributed by atoms with Gasteiger partial charge in [-0.05, 0) is 37.7 Å². The van der Waals surface area contributed by atoms with Crippen LogP contribution in [0.15, 0.2) is 12.5 Å². The number of carbonyl (C=O) groups excluding carboxylic acids is 3. The van der Waals surface area contributed by atoms with E-state index in [-0.39, 0.29) is 32.2 Å². The summed E-state index contributed by atoms with van der Waals surface area (Å²) in [5.41, 5.74) is 6.33. The highest BCUT2D eigenvalue weighted by Gasteiger charge is 2.38. The summed E-state index contributed by atoms with van der Waals surface area (Å²) >= 11 is 1.47. The second-order valence-corrected chi connectivity index (χ2v) is 9.24. The van der Waals surface area contributed by atoms with Crippen molar-refractivity contribution < 1.29 is 34.2 Å². The van der Waals surface area contributed by atoms with E-state index in [1.165, 1.54) is 29.2 Å². The fraction of sp³-hybridized carbons (Fsp3) is 0.619. The number of hydrogen-bond acceptors (Lipinski definition) is 8. The van der Waals surface area contributed by atoms with Gasteiger partial charge in [0.2, 0.25) is 17.7 Å². The quantitative estimate of drug-likeness (QED) is 0.178. The summed E-state index contributed by atoms with van der Waals surface area (Å²) in [6.45, 7) is 0.286. The van der Waals surface area contributed by atoms with Crippen molar-refractivity contribution in [1.82, 2.24) is 25.5 Å². The van der Waals surface area contributed by atoms with Crippen LogP contribution < -0.4 is 16.4 Å². The largest absolute Gasteiger partial charge is 0.481 e. The van der Waals surface area contributed by atoms with Crippen LogP contribution in [0.25, 0.3) is 0 Å². The SMILES string of the molecule is CSCCC(NC(=O)C(Cc1cnc[nH]1)NC(=O)C(N)CCC(=O)O)C(=O)N1CCCC1C(=O)O. The molecule has 3 amide bonds. The number of imidazole rings is 1. The average molecular weight is 513 g/mol. The van der Waals surface area contributed by atoms with E-state index in [1.54, 1.807) is 0 Å². The van der Waals surface area contributed by atoms with Gasteiger partial charge in [-0.15, -0.1) is 0 Å². The Kier molecular flexibility index (Phi) is 11.0. The molecule has 1 aromatic rings. The van der Waals surface area contributed by atoms with Crippen LogP contribution >= 0.6 is 11.8 Å². The lowest BCUT2D eigenvalue weighted by Crippen LogP contribution is -2.57. The average Bonchev–Trinajstić information content (AvgIpc) is 3.51. The monoisotopic (exact) mass is 512 g/mol. The Morgan fingerprint density at radius 1 is 1.20 bits per heavy atom. The minimum atomic E-state index is -1.14. The van der Waals surface area contributed by atoms with Gasteiger partial charge in [0.05, 0.1) is 12.4 Å². The third kappa shape index (κ3) is 8.55. The first-order chi connectivity index (χ1) is 16.6. The number of nitrogens with one attached hydrogen (secondary N) is 3. The summed E-state index contributed by atoms with van der Waals surface area (Å²) in [4.78, 5) is 69.3. The molecule has 0 aliphatic carbocycles. The minimum absolute atomic E-state index is 0.0220. The van der Waals surface area contributed by atoms with Crippen molar-refractivity contribution in [2.24, 2.45) is 5.73 Å². The molecule has 7 N–H and O–H groups in total. The number of likely N-dealkylation sites (tertiary alicyclic amines) is 1. The summed E-state index contributed by atoms with van der Waals surface area (Å²) < 4.78 is 0. The third-order valence-corrected chi connectivity index (χ3v) is 6.31. The van der Waals surface area contributed by atoms with Crippen LogP contribution in [-0.4, -0.2) is 97.5 Å². The lowest BCUT2D eigenvalue weighted by molar-refractivity contribution is -0.149. The van der Waals surface area contributed by atoms with Gasteiger partial charge in [-0.2, -0.15) is 11.8 Å². The molecular formula is C21H32N6O7S.